The van der Waals surface area contributed by atoms with Gasteiger partial charge in [0, 0.05) is 20.7 Å². The van der Waals surface area contributed by atoms with Crippen molar-refractivity contribution >= 4 is 41.5 Å². The molecule has 1 aliphatic rings. The first-order valence-corrected chi connectivity index (χ1v) is 16.3. The zero-order valence-corrected chi connectivity index (χ0v) is 21.9. The van der Waals surface area contributed by atoms with Gasteiger partial charge in [0.25, 0.3) is 10.0 Å². The Balaban J connectivity index is 1.88. The number of anilines is 2. The smallest absolute Gasteiger partial charge is 0.411 e. The van der Waals surface area contributed by atoms with Crippen LogP contribution in [0, 0.1) is 5.82 Å². The van der Waals surface area contributed by atoms with Gasteiger partial charge in [-0.1, -0.05) is 19.6 Å². The maximum absolute atomic E-state index is 13.5. The summed E-state index contributed by atoms with van der Waals surface area (Å²) in [6.45, 7) is 8.16. The molecule has 190 valence electrons. The molecule has 0 bridgehead atoms. The number of nitrogens with one attached hydrogen (secondary N) is 2. The second kappa shape index (κ2) is 10.6. The Kier molecular flexibility index (Phi) is 8.06. The predicted molar refractivity (Wildman–Crippen MR) is 134 cm³/mol. The fraction of sp³-hybridized carbons (Fsp3) is 0.391. The van der Waals surface area contributed by atoms with Crippen LogP contribution in [0.1, 0.15) is 6.92 Å². The van der Waals surface area contributed by atoms with E-state index in [1.807, 2.05) is 0 Å². The monoisotopic (exact) mass is 523 g/mol. The third-order valence-electron chi connectivity index (χ3n) is 5.20. The Morgan fingerprint density at radius 2 is 1.86 bits per heavy atom. The van der Waals surface area contributed by atoms with Crippen molar-refractivity contribution in [3.63, 3.8) is 0 Å². The lowest BCUT2D eigenvalue weighted by atomic mass is 10.2. The number of amides is 2. The number of hydrogen-bond acceptors (Lipinski definition) is 6. The van der Waals surface area contributed by atoms with Crippen molar-refractivity contribution in [2.75, 3.05) is 29.3 Å². The zero-order chi connectivity index (χ0) is 25.8. The lowest BCUT2D eigenvalue weighted by molar-refractivity contribution is -0.119. The molecule has 0 saturated carbocycles. The van der Waals surface area contributed by atoms with Gasteiger partial charge in [0.05, 0.1) is 30.3 Å². The Hall–Kier alpha value is -3.12. The molecule has 2 amide bonds. The molecular weight excluding hydrogens is 493 g/mol. The molecule has 2 N–H and O–H groups in total. The molecule has 1 unspecified atom stereocenters. The minimum absolute atomic E-state index is 0.0909. The van der Waals surface area contributed by atoms with Crippen molar-refractivity contribution in [2.24, 2.45) is 0 Å². The van der Waals surface area contributed by atoms with E-state index >= 15 is 0 Å². The number of carbonyl (C=O) groups excluding carboxylic acids is 2. The lowest BCUT2D eigenvalue weighted by Gasteiger charge is -2.35. The zero-order valence-electron chi connectivity index (χ0n) is 20.1. The molecule has 35 heavy (non-hydrogen) atoms. The van der Waals surface area contributed by atoms with Crippen molar-refractivity contribution in [3.8, 4) is 5.75 Å². The van der Waals surface area contributed by atoms with E-state index in [1.54, 1.807) is 12.1 Å². The molecule has 12 heteroatoms. The summed E-state index contributed by atoms with van der Waals surface area (Å²) in [4.78, 5) is 23.5. The summed E-state index contributed by atoms with van der Waals surface area (Å²) in [5.41, 5.74) is 0.526. The molecule has 0 fully saturated rings. The summed E-state index contributed by atoms with van der Waals surface area (Å²) < 4.78 is 52.6. The summed E-state index contributed by atoms with van der Waals surface area (Å²) in [5.74, 6) is -0.580. The van der Waals surface area contributed by atoms with Crippen molar-refractivity contribution in [1.82, 2.24) is 5.32 Å². The Labute approximate surface area is 205 Å². The summed E-state index contributed by atoms with van der Waals surface area (Å²) in [5, 5.41) is 5.25. The SMILES string of the molecule is CC(=O)NCC1CN(S(=O)(=O)c2ccc(F)cc2)c2cc(NC(=O)OCC[Si](C)(C)C)ccc2O1. The number of hydrogen-bond donors (Lipinski definition) is 2. The topological polar surface area (TPSA) is 114 Å². The number of nitrogens with zero attached hydrogens (tertiary/aromatic N) is 1. The van der Waals surface area contributed by atoms with Crippen molar-refractivity contribution in [1.29, 1.82) is 0 Å². The number of carbonyl (C=O) groups is 2. The van der Waals surface area contributed by atoms with Crippen molar-refractivity contribution in [2.45, 2.75) is 43.6 Å². The number of halogens is 1. The van der Waals surface area contributed by atoms with Gasteiger partial charge < -0.3 is 14.8 Å². The molecule has 0 radical (unpaired) electrons. The van der Waals surface area contributed by atoms with Crippen LogP contribution < -0.4 is 19.7 Å². The summed E-state index contributed by atoms with van der Waals surface area (Å²) in [6.07, 6.45) is -1.30. The second-order valence-electron chi connectivity index (χ2n) is 9.42. The Morgan fingerprint density at radius 3 is 2.49 bits per heavy atom. The van der Waals surface area contributed by atoms with Crippen LogP contribution in [0.4, 0.5) is 20.6 Å². The highest BCUT2D eigenvalue weighted by Crippen LogP contribution is 2.39. The molecule has 0 saturated heterocycles. The summed E-state index contributed by atoms with van der Waals surface area (Å²) in [7, 11) is -5.47. The normalized spacial score (nSPS) is 15.6. The maximum atomic E-state index is 13.5. The third kappa shape index (κ3) is 7.18. The third-order valence-corrected chi connectivity index (χ3v) is 8.70. The van der Waals surface area contributed by atoms with Gasteiger partial charge in [-0.15, -0.1) is 0 Å². The van der Waals surface area contributed by atoms with Crippen LogP contribution in [-0.4, -0.2) is 54.3 Å². The average Bonchev–Trinajstić information content (AvgIpc) is 2.76. The highest BCUT2D eigenvalue weighted by Gasteiger charge is 2.35. The molecule has 1 aliphatic heterocycles. The molecule has 0 aromatic heterocycles. The minimum Gasteiger partial charge on any atom is -0.484 e. The van der Waals surface area contributed by atoms with E-state index in [-0.39, 0.29) is 35.3 Å². The van der Waals surface area contributed by atoms with Crippen LogP contribution in [0.2, 0.25) is 25.7 Å². The van der Waals surface area contributed by atoms with Crippen molar-refractivity contribution < 1.29 is 31.9 Å². The summed E-state index contributed by atoms with van der Waals surface area (Å²) >= 11 is 0. The molecule has 0 aliphatic carbocycles. The molecule has 3 rings (SSSR count). The highest BCUT2D eigenvalue weighted by molar-refractivity contribution is 7.92. The number of fused-ring (bicyclic) bond motifs is 1. The Bertz CT molecular complexity index is 1180. The first-order valence-electron chi connectivity index (χ1n) is 11.1. The molecule has 1 heterocycles. The van der Waals surface area contributed by atoms with Crippen LogP contribution >= 0.6 is 0 Å². The van der Waals surface area contributed by atoms with Gasteiger partial charge in [0.15, 0.2) is 0 Å². The standard InChI is InChI=1S/C23H30FN3O6SSi/c1-16(28)25-14-19-15-27(34(30,31)20-8-5-17(24)6-9-20)21-13-18(7-10-22(21)33-19)26-23(29)32-11-12-35(2,3)4/h5-10,13,19H,11-12,14-15H2,1-4H3,(H,25,28)(H,26,29). The van der Waals surface area contributed by atoms with Gasteiger partial charge >= 0.3 is 6.09 Å². The molecule has 2 aromatic rings. The van der Waals surface area contributed by atoms with Gasteiger partial charge in [-0.2, -0.15) is 0 Å². The van der Waals surface area contributed by atoms with Crippen LogP contribution in [0.15, 0.2) is 47.4 Å². The largest absolute Gasteiger partial charge is 0.484 e. The van der Waals surface area contributed by atoms with Gasteiger partial charge in [0.2, 0.25) is 5.91 Å². The molecular formula is C23H30FN3O6SSi. The van der Waals surface area contributed by atoms with E-state index in [0.29, 0.717) is 12.3 Å². The molecule has 9 nitrogen and oxygen atoms in total. The van der Waals surface area contributed by atoms with Crippen LogP contribution in [-0.2, 0) is 19.6 Å². The second-order valence-corrected chi connectivity index (χ2v) is 16.9. The van der Waals surface area contributed by atoms with Gasteiger partial charge in [0.1, 0.15) is 17.7 Å². The highest BCUT2D eigenvalue weighted by atomic mass is 32.2. The van der Waals surface area contributed by atoms with E-state index in [9.17, 15) is 22.4 Å². The van der Waals surface area contributed by atoms with Gasteiger partial charge in [-0.3, -0.25) is 14.4 Å². The van der Waals surface area contributed by atoms with Crippen molar-refractivity contribution in [3.05, 3.63) is 48.3 Å². The van der Waals surface area contributed by atoms with Gasteiger partial charge in [-0.05, 0) is 48.5 Å². The minimum atomic E-state index is -4.10. The van der Waals surface area contributed by atoms with Crippen LogP contribution in [0.3, 0.4) is 0 Å². The summed E-state index contributed by atoms with van der Waals surface area (Å²) in [6, 6.07) is 9.90. The van der Waals surface area contributed by atoms with Gasteiger partial charge in [-0.25, -0.2) is 17.6 Å². The Morgan fingerprint density at radius 1 is 1.17 bits per heavy atom. The van der Waals surface area contributed by atoms with Crippen LogP contribution in [0.25, 0.3) is 0 Å². The van der Waals surface area contributed by atoms with E-state index < -0.39 is 36.1 Å². The first kappa shape index (κ1) is 26.5. The fourth-order valence-corrected chi connectivity index (χ4v) is 5.53. The number of benzene rings is 2. The van der Waals surface area contributed by atoms with E-state index in [1.165, 1.54) is 25.1 Å². The van der Waals surface area contributed by atoms with E-state index in [4.69, 9.17) is 9.47 Å². The molecule has 2 aromatic carbocycles. The van der Waals surface area contributed by atoms with Crippen LogP contribution in [0.5, 0.6) is 5.75 Å². The quantitative estimate of drug-likeness (QED) is 0.509. The first-order chi connectivity index (χ1) is 16.3. The fourth-order valence-electron chi connectivity index (χ4n) is 3.32. The lowest BCUT2D eigenvalue weighted by Crippen LogP contribution is -2.48. The average molecular weight is 524 g/mol. The predicted octanol–water partition coefficient (Wildman–Crippen LogP) is 3.80. The number of ether oxygens (including phenoxy) is 2. The maximum Gasteiger partial charge on any atom is 0.411 e. The molecule has 0 spiro atoms. The number of rotatable bonds is 8. The number of sulfonamides is 1. The van der Waals surface area contributed by atoms with E-state index in [2.05, 4.69) is 30.3 Å². The van der Waals surface area contributed by atoms with E-state index in [0.717, 1.165) is 22.5 Å². The molecule has 1 atom stereocenters.